The molecule has 0 fully saturated rings. The van der Waals surface area contributed by atoms with E-state index in [1.54, 1.807) is 0 Å². The molecule has 88 valence electrons. The summed E-state index contributed by atoms with van der Waals surface area (Å²) in [5.74, 6) is -0.805. The number of carbonyl (C=O) groups is 1. The van der Waals surface area contributed by atoms with Crippen LogP contribution in [0.5, 0.6) is 0 Å². The van der Waals surface area contributed by atoms with Crippen LogP contribution in [0.25, 0.3) is 10.9 Å². The topological polar surface area (TPSA) is 63.1 Å². The van der Waals surface area contributed by atoms with E-state index in [0.717, 1.165) is 15.9 Å². The quantitative estimate of drug-likeness (QED) is 0.665. The molecule has 0 unspecified atom stereocenters. The van der Waals surface area contributed by atoms with Crippen molar-refractivity contribution >= 4 is 28.6 Å². The summed E-state index contributed by atoms with van der Waals surface area (Å²) < 4.78 is 0. The van der Waals surface area contributed by atoms with Gasteiger partial charge in [-0.1, -0.05) is 36.9 Å². The fraction of sp³-hybridized carbons (Fsp3) is 0.250. The van der Waals surface area contributed by atoms with E-state index in [0.29, 0.717) is 6.42 Å². The molecule has 4 nitrogen and oxygen atoms in total. The lowest BCUT2D eigenvalue weighted by Crippen LogP contribution is -2.15. The van der Waals surface area contributed by atoms with Gasteiger partial charge < -0.3 is 5.11 Å². The molecule has 2 aromatic rings. The Balaban J connectivity index is 2.38. The summed E-state index contributed by atoms with van der Waals surface area (Å²) in [7, 11) is 0. The smallest absolute Gasteiger partial charge is 0.317 e. The number of thioether (sulfide) groups is 1. The van der Waals surface area contributed by atoms with Crippen molar-refractivity contribution in [2.45, 2.75) is 23.6 Å². The molecule has 0 saturated heterocycles. The van der Waals surface area contributed by atoms with Crippen molar-refractivity contribution in [1.29, 1.82) is 0 Å². The molecule has 5 heteroatoms. The number of rotatable bonds is 4. The van der Waals surface area contributed by atoms with Crippen LogP contribution < -0.4 is 0 Å². The van der Waals surface area contributed by atoms with E-state index < -0.39 is 11.2 Å². The Labute approximate surface area is 103 Å². The summed E-state index contributed by atoms with van der Waals surface area (Å²) in [6, 6.07) is 7.60. The van der Waals surface area contributed by atoms with Crippen LogP contribution in [-0.4, -0.2) is 26.3 Å². The molecule has 0 amide bonds. The van der Waals surface area contributed by atoms with Gasteiger partial charge in [0.2, 0.25) is 0 Å². The molecule has 0 aliphatic rings. The molecule has 0 saturated carbocycles. The normalized spacial score (nSPS) is 12.5. The van der Waals surface area contributed by atoms with Crippen molar-refractivity contribution in [3.8, 4) is 0 Å². The van der Waals surface area contributed by atoms with E-state index in [2.05, 4.69) is 9.97 Å². The van der Waals surface area contributed by atoms with Crippen LogP contribution in [0.4, 0.5) is 0 Å². The third-order valence-corrected chi connectivity index (χ3v) is 3.77. The minimum Gasteiger partial charge on any atom is -0.480 e. The molecule has 1 heterocycles. The fourth-order valence-corrected chi connectivity index (χ4v) is 2.46. The SMILES string of the molecule is CC[C@@H](Sc1ncnc2ccccc12)C(=O)O. The fourth-order valence-electron chi connectivity index (χ4n) is 1.52. The van der Waals surface area contributed by atoms with Crippen molar-refractivity contribution < 1.29 is 9.90 Å². The number of carboxylic acid groups (broad SMARTS) is 1. The molecule has 1 N–H and O–H groups in total. The van der Waals surface area contributed by atoms with Crippen LogP contribution >= 0.6 is 11.8 Å². The number of aromatic nitrogens is 2. The van der Waals surface area contributed by atoms with Crippen LogP contribution in [0.2, 0.25) is 0 Å². The van der Waals surface area contributed by atoms with Crippen LogP contribution in [0.15, 0.2) is 35.6 Å². The number of fused-ring (bicyclic) bond motifs is 1. The van der Waals surface area contributed by atoms with Gasteiger partial charge >= 0.3 is 5.97 Å². The number of hydrogen-bond donors (Lipinski definition) is 1. The first kappa shape index (κ1) is 11.9. The maximum absolute atomic E-state index is 11.0. The summed E-state index contributed by atoms with van der Waals surface area (Å²) >= 11 is 1.28. The van der Waals surface area contributed by atoms with E-state index in [4.69, 9.17) is 5.11 Å². The number of para-hydroxylation sites is 1. The van der Waals surface area contributed by atoms with E-state index >= 15 is 0 Å². The monoisotopic (exact) mass is 248 g/mol. The molecule has 0 aliphatic carbocycles. The molecule has 0 bridgehead atoms. The zero-order valence-corrected chi connectivity index (χ0v) is 10.1. The van der Waals surface area contributed by atoms with E-state index in [1.165, 1.54) is 18.1 Å². The second kappa shape index (κ2) is 5.14. The number of nitrogens with zero attached hydrogens (tertiary/aromatic N) is 2. The van der Waals surface area contributed by atoms with Crippen LogP contribution in [0, 0.1) is 0 Å². The molecular weight excluding hydrogens is 236 g/mol. The Morgan fingerprint density at radius 3 is 2.88 bits per heavy atom. The molecular formula is C12H12N2O2S. The molecule has 0 spiro atoms. The Bertz CT molecular complexity index is 540. The van der Waals surface area contributed by atoms with Crippen LogP contribution in [-0.2, 0) is 4.79 Å². The molecule has 0 radical (unpaired) electrons. The Morgan fingerprint density at radius 2 is 2.18 bits per heavy atom. The van der Waals surface area contributed by atoms with Crippen molar-refractivity contribution in [3.63, 3.8) is 0 Å². The highest BCUT2D eigenvalue weighted by Crippen LogP contribution is 2.29. The van der Waals surface area contributed by atoms with Gasteiger partial charge in [-0.3, -0.25) is 4.79 Å². The van der Waals surface area contributed by atoms with Gasteiger partial charge in [0.05, 0.1) is 5.52 Å². The lowest BCUT2D eigenvalue weighted by molar-refractivity contribution is -0.136. The minimum atomic E-state index is -0.805. The molecule has 17 heavy (non-hydrogen) atoms. The first-order chi connectivity index (χ1) is 8.22. The summed E-state index contributed by atoms with van der Waals surface area (Å²) in [5.41, 5.74) is 0.838. The summed E-state index contributed by atoms with van der Waals surface area (Å²) in [6.07, 6.45) is 2.04. The molecule has 1 atom stereocenters. The number of aliphatic carboxylic acids is 1. The predicted octanol–water partition coefficient (Wildman–Crippen LogP) is 2.59. The van der Waals surface area contributed by atoms with Gasteiger partial charge in [-0.15, -0.1) is 0 Å². The Morgan fingerprint density at radius 1 is 1.41 bits per heavy atom. The predicted molar refractivity (Wildman–Crippen MR) is 67.1 cm³/mol. The molecule has 2 rings (SSSR count). The molecule has 1 aromatic carbocycles. The summed E-state index contributed by atoms with van der Waals surface area (Å²) in [4.78, 5) is 19.3. The van der Waals surface area contributed by atoms with E-state index in [-0.39, 0.29) is 0 Å². The van der Waals surface area contributed by atoms with E-state index in [1.807, 2.05) is 31.2 Å². The maximum atomic E-state index is 11.0. The second-order valence-corrected chi connectivity index (χ2v) is 4.74. The largest absolute Gasteiger partial charge is 0.480 e. The molecule has 0 aliphatic heterocycles. The number of carboxylic acids is 1. The highest BCUT2D eigenvalue weighted by molar-refractivity contribution is 8.00. The highest BCUT2D eigenvalue weighted by atomic mass is 32.2. The van der Waals surface area contributed by atoms with Gasteiger partial charge in [0.15, 0.2) is 0 Å². The van der Waals surface area contributed by atoms with Gasteiger partial charge in [-0.2, -0.15) is 0 Å². The first-order valence-electron chi connectivity index (χ1n) is 5.31. The lowest BCUT2D eigenvalue weighted by atomic mass is 10.2. The Hall–Kier alpha value is -1.62. The maximum Gasteiger partial charge on any atom is 0.317 e. The van der Waals surface area contributed by atoms with Crippen molar-refractivity contribution in [3.05, 3.63) is 30.6 Å². The van der Waals surface area contributed by atoms with Gasteiger partial charge in [-0.25, -0.2) is 9.97 Å². The average molecular weight is 248 g/mol. The standard InChI is InChI=1S/C12H12N2O2S/c1-2-10(12(15)16)17-11-8-5-3-4-6-9(8)13-7-14-11/h3-7,10H,2H2,1H3,(H,15,16)/t10-/m1/s1. The summed E-state index contributed by atoms with van der Waals surface area (Å²) in [5, 5.41) is 10.2. The molecule has 1 aromatic heterocycles. The van der Waals surface area contributed by atoms with Crippen molar-refractivity contribution in [1.82, 2.24) is 9.97 Å². The average Bonchev–Trinajstić information content (AvgIpc) is 2.35. The number of benzene rings is 1. The zero-order chi connectivity index (χ0) is 12.3. The summed E-state index contributed by atoms with van der Waals surface area (Å²) in [6.45, 7) is 1.86. The van der Waals surface area contributed by atoms with Crippen molar-refractivity contribution in [2.75, 3.05) is 0 Å². The van der Waals surface area contributed by atoms with Crippen LogP contribution in [0.1, 0.15) is 13.3 Å². The zero-order valence-electron chi connectivity index (χ0n) is 9.33. The highest BCUT2D eigenvalue weighted by Gasteiger charge is 2.18. The van der Waals surface area contributed by atoms with Gasteiger partial charge in [0.25, 0.3) is 0 Å². The second-order valence-electron chi connectivity index (χ2n) is 3.55. The van der Waals surface area contributed by atoms with Gasteiger partial charge in [0, 0.05) is 5.39 Å². The first-order valence-corrected chi connectivity index (χ1v) is 6.19. The van der Waals surface area contributed by atoms with E-state index in [9.17, 15) is 4.79 Å². The Kier molecular flexibility index (Phi) is 3.58. The minimum absolute atomic E-state index is 0.465. The van der Waals surface area contributed by atoms with Crippen LogP contribution in [0.3, 0.4) is 0 Å². The van der Waals surface area contributed by atoms with Gasteiger partial charge in [0.1, 0.15) is 16.6 Å². The van der Waals surface area contributed by atoms with Gasteiger partial charge in [-0.05, 0) is 12.5 Å². The number of hydrogen-bond acceptors (Lipinski definition) is 4. The third kappa shape index (κ3) is 2.55. The lowest BCUT2D eigenvalue weighted by Gasteiger charge is -2.09. The third-order valence-electron chi connectivity index (χ3n) is 2.41. The van der Waals surface area contributed by atoms with Crippen molar-refractivity contribution in [2.24, 2.45) is 0 Å².